The molecule has 3 rings (SSSR count). The van der Waals surface area contributed by atoms with Gasteiger partial charge in [0.15, 0.2) is 0 Å². The number of aliphatic hydroxyl groups excluding tert-OH is 1. The van der Waals surface area contributed by atoms with Crippen LogP contribution in [-0.4, -0.2) is 53.2 Å². The molecule has 2 heterocycles. The van der Waals surface area contributed by atoms with Crippen LogP contribution in [0.4, 0.5) is 0 Å². The van der Waals surface area contributed by atoms with Gasteiger partial charge in [-0.25, -0.2) is 0 Å². The zero-order valence-corrected chi connectivity index (χ0v) is 14.5. The van der Waals surface area contributed by atoms with Gasteiger partial charge in [0.2, 0.25) is 0 Å². The molecule has 1 aromatic carbocycles. The molecule has 1 aliphatic heterocycles. The maximum atomic E-state index is 12.9. The summed E-state index contributed by atoms with van der Waals surface area (Å²) in [5, 5.41) is 14.0. The van der Waals surface area contributed by atoms with Crippen molar-refractivity contribution < 1.29 is 9.90 Å². The summed E-state index contributed by atoms with van der Waals surface area (Å²) in [6.07, 6.45) is 3.87. The van der Waals surface area contributed by atoms with Gasteiger partial charge in [0.1, 0.15) is 0 Å². The number of pyridine rings is 1. The number of hydrogen-bond donors (Lipinski definition) is 2. The maximum absolute atomic E-state index is 12.9. The van der Waals surface area contributed by atoms with E-state index in [1.54, 1.807) is 24.4 Å². The molecule has 5 nitrogen and oxygen atoms in total. The highest BCUT2D eigenvalue weighted by Gasteiger charge is 2.35. The van der Waals surface area contributed by atoms with Crippen LogP contribution in [0.25, 0.3) is 10.9 Å². The first-order chi connectivity index (χ1) is 11.5. The fraction of sp³-hybridized carbons (Fsp3) is 0.444. The molecule has 128 valence electrons. The first-order valence-corrected chi connectivity index (χ1v) is 8.57. The van der Waals surface area contributed by atoms with Crippen LogP contribution >= 0.6 is 11.6 Å². The summed E-state index contributed by atoms with van der Waals surface area (Å²) in [7, 11) is 2.07. The Balaban J connectivity index is 1.88. The molecule has 0 radical (unpaired) electrons. The Morgan fingerprint density at radius 3 is 2.83 bits per heavy atom. The first kappa shape index (κ1) is 17.1. The SMILES string of the molecule is CN1CCC(CCO)(NC(=O)c2ccnc3cc(Cl)ccc23)CC1. The second-order valence-electron chi connectivity index (χ2n) is 6.53. The van der Waals surface area contributed by atoms with Gasteiger partial charge in [0.25, 0.3) is 5.91 Å². The lowest BCUT2D eigenvalue weighted by Crippen LogP contribution is -2.55. The van der Waals surface area contributed by atoms with Crippen LogP contribution in [0.2, 0.25) is 5.02 Å². The standard InChI is InChI=1S/C18H22ClN3O2/c1-22-9-5-18(6-10-22,7-11-23)21-17(24)15-4-8-20-16-12-13(19)2-3-14(15)16/h2-4,8,12,23H,5-7,9-11H2,1H3,(H,21,24). The summed E-state index contributed by atoms with van der Waals surface area (Å²) < 4.78 is 0. The van der Waals surface area contributed by atoms with E-state index < -0.39 is 0 Å². The number of benzene rings is 1. The number of nitrogens with zero attached hydrogens (tertiary/aromatic N) is 2. The number of fused-ring (bicyclic) bond motifs is 1. The topological polar surface area (TPSA) is 65.5 Å². The minimum atomic E-state index is -0.347. The number of aromatic nitrogens is 1. The van der Waals surface area contributed by atoms with E-state index in [0.29, 0.717) is 22.5 Å². The summed E-state index contributed by atoms with van der Waals surface area (Å²) in [5.74, 6) is -0.122. The molecule has 2 aromatic rings. The van der Waals surface area contributed by atoms with Crippen LogP contribution in [-0.2, 0) is 0 Å². The van der Waals surface area contributed by atoms with Crippen molar-refractivity contribution >= 4 is 28.4 Å². The third-order valence-electron chi connectivity index (χ3n) is 4.86. The normalized spacial score (nSPS) is 17.8. The molecule has 1 saturated heterocycles. The largest absolute Gasteiger partial charge is 0.396 e. The summed E-state index contributed by atoms with van der Waals surface area (Å²) >= 11 is 6.01. The van der Waals surface area contributed by atoms with E-state index in [-0.39, 0.29) is 18.1 Å². The molecule has 0 saturated carbocycles. The van der Waals surface area contributed by atoms with Crippen molar-refractivity contribution in [1.29, 1.82) is 0 Å². The molecule has 0 aliphatic carbocycles. The van der Waals surface area contributed by atoms with Crippen LogP contribution in [0.5, 0.6) is 0 Å². The molecule has 0 bridgehead atoms. The predicted molar refractivity (Wildman–Crippen MR) is 95.4 cm³/mol. The van der Waals surface area contributed by atoms with Crippen LogP contribution in [0, 0.1) is 0 Å². The van der Waals surface area contributed by atoms with Gasteiger partial charge in [-0.3, -0.25) is 9.78 Å². The summed E-state index contributed by atoms with van der Waals surface area (Å²) in [6.45, 7) is 1.89. The van der Waals surface area contributed by atoms with Gasteiger partial charge in [0.05, 0.1) is 11.1 Å². The van der Waals surface area contributed by atoms with E-state index in [4.69, 9.17) is 11.6 Å². The number of likely N-dealkylation sites (tertiary alicyclic amines) is 1. The molecule has 1 aromatic heterocycles. The molecule has 1 aliphatic rings. The molecule has 24 heavy (non-hydrogen) atoms. The molecular formula is C18H22ClN3O2. The summed E-state index contributed by atoms with van der Waals surface area (Å²) in [4.78, 5) is 19.4. The third kappa shape index (κ3) is 3.53. The average Bonchev–Trinajstić information content (AvgIpc) is 2.57. The fourth-order valence-electron chi connectivity index (χ4n) is 3.33. The number of rotatable bonds is 4. The van der Waals surface area contributed by atoms with Crippen molar-refractivity contribution in [3.8, 4) is 0 Å². The molecule has 0 unspecified atom stereocenters. The number of aliphatic hydroxyl groups is 1. The van der Waals surface area contributed by atoms with Gasteiger partial charge in [-0.05, 0) is 44.5 Å². The monoisotopic (exact) mass is 347 g/mol. The van der Waals surface area contributed by atoms with Gasteiger partial charge >= 0.3 is 0 Å². The van der Waals surface area contributed by atoms with Crippen LogP contribution in [0.1, 0.15) is 29.6 Å². The Bertz CT molecular complexity index is 742. The number of nitrogens with one attached hydrogen (secondary N) is 1. The molecular weight excluding hydrogens is 326 g/mol. The van der Waals surface area contributed by atoms with Crippen molar-refractivity contribution in [3.05, 3.63) is 41.0 Å². The molecule has 2 N–H and O–H groups in total. The van der Waals surface area contributed by atoms with Gasteiger partial charge in [-0.2, -0.15) is 0 Å². The minimum Gasteiger partial charge on any atom is -0.396 e. The minimum absolute atomic E-state index is 0.0662. The van der Waals surface area contributed by atoms with Crippen molar-refractivity contribution in [1.82, 2.24) is 15.2 Å². The zero-order chi connectivity index (χ0) is 17.2. The second kappa shape index (κ2) is 7.05. The molecule has 1 fully saturated rings. The average molecular weight is 348 g/mol. The highest BCUT2D eigenvalue weighted by atomic mass is 35.5. The third-order valence-corrected chi connectivity index (χ3v) is 5.10. The van der Waals surface area contributed by atoms with Crippen molar-refractivity contribution in [2.75, 3.05) is 26.7 Å². The summed E-state index contributed by atoms with van der Waals surface area (Å²) in [6, 6.07) is 7.08. The molecule has 0 atom stereocenters. The Hall–Kier alpha value is -1.69. The predicted octanol–water partition coefficient (Wildman–Crippen LogP) is 2.46. The van der Waals surface area contributed by atoms with Crippen LogP contribution in [0.15, 0.2) is 30.5 Å². The Kier molecular flexibility index (Phi) is 5.04. The molecule has 0 spiro atoms. The van der Waals surface area contributed by atoms with Gasteiger partial charge in [-0.15, -0.1) is 0 Å². The van der Waals surface area contributed by atoms with Crippen molar-refractivity contribution in [3.63, 3.8) is 0 Å². The maximum Gasteiger partial charge on any atom is 0.252 e. The fourth-order valence-corrected chi connectivity index (χ4v) is 3.49. The van der Waals surface area contributed by atoms with E-state index >= 15 is 0 Å². The lowest BCUT2D eigenvalue weighted by atomic mass is 9.84. The van der Waals surface area contributed by atoms with Gasteiger partial charge in [0, 0.05) is 41.8 Å². The second-order valence-corrected chi connectivity index (χ2v) is 6.97. The highest BCUT2D eigenvalue weighted by Crippen LogP contribution is 2.27. The number of amides is 1. The number of carbonyl (C=O) groups excluding carboxylic acids is 1. The lowest BCUT2D eigenvalue weighted by Gasteiger charge is -2.41. The Labute approximate surface area is 146 Å². The van der Waals surface area contributed by atoms with E-state index in [1.165, 1.54) is 0 Å². The quantitative estimate of drug-likeness (QED) is 0.891. The summed E-state index contributed by atoms with van der Waals surface area (Å²) in [5.41, 5.74) is 0.947. The van der Waals surface area contributed by atoms with Gasteiger partial charge < -0.3 is 15.3 Å². The Morgan fingerprint density at radius 2 is 2.12 bits per heavy atom. The van der Waals surface area contributed by atoms with Crippen LogP contribution in [0.3, 0.4) is 0 Å². The number of piperidine rings is 1. The van der Waals surface area contributed by atoms with Gasteiger partial charge in [-0.1, -0.05) is 17.7 Å². The molecule has 1 amide bonds. The zero-order valence-electron chi connectivity index (χ0n) is 13.8. The van der Waals surface area contributed by atoms with E-state index in [0.717, 1.165) is 31.3 Å². The van der Waals surface area contributed by atoms with Crippen molar-refractivity contribution in [2.24, 2.45) is 0 Å². The number of halogens is 1. The molecule has 6 heteroatoms. The van der Waals surface area contributed by atoms with E-state index in [2.05, 4.69) is 22.2 Å². The smallest absolute Gasteiger partial charge is 0.252 e. The van der Waals surface area contributed by atoms with E-state index in [9.17, 15) is 9.90 Å². The highest BCUT2D eigenvalue weighted by molar-refractivity contribution is 6.31. The number of hydrogen-bond acceptors (Lipinski definition) is 4. The van der Waals surface area contributed by atoms with Crippen molar-refractivity contribution in [2.45, 2.75) is 24.8 Å². The number of carbonyl (C=O) groups is 1. The van der Waals surface area contributed by atoms with E-state index in [1.807, 2.05) is 6.07 Å². The first-order valence-electron chi connectivity index (χ1n) is 8.19. The van der Waals surface area contributed by atoms with Crippen LogP contribution < -0.4 is 5.32 Å². The lowest BCUT2D eigenvalue weighted by molar-refractivity contribution is 0.0780. The Morgan fingerprint density at radius 1 is 1.38 bits per heavy atom.